The Bertz CT molecular complexity index is 1190. The van der Waals surface area contributed by atoms with Crippen molar-refractivity contribution < 1.29 is 13.2 Å². The normalized spacial score (nSPS) is 15.0. The van der Waals surface area contributed by atoms with Crippen LogP contribution in [0.4, 0.5) is 0 Å². The van der Waals surface area contributed by atoms with Crippen LogP contribution in [0, 0.1) is 11.3 Å². The fourth-order valence-corrected chi connectivity index (χ4v) is 5.16. The van der Waals surface area contributed by atoms with Crippen molar-refractivity contribution in [3.8, 4) is 11.8 Å². The minimum Gasteiger partial charge on any atom is -0.492 e. The van der Waals surface area contributed by atoms with Crippen LogP contribution in [0.15, 0.2) is 47.5 Å². The number of hydrogen-bond acceptors (Lipinski definition) is 5. The van der Waals surface area contributed by atoms with Gasteiger partial charge in [0.05, 0.1) is 22.2 Å². The third-order valence-electron chi connectivity index (χ3n) is 4.66. The number of fused-ring (bicyclic) bond motifs is 3. The first kappa shape index (κ1) is 17.9. The number of ether oxygens (including phenoxy) is 1. The van der Waals surface area contributed by atoms with Crippen LogP contribution in [0.1, 0.15) is 11.1 Å². The van der Waals surface area contributed by atoms with Crippen LogP contribution in [0.25, 0.3) is 10.9 Å². The minimum absolute atomic E-state index is 0.0220. The number of nitriles is 1. The Labute approximate surface area is 162 Å². The first-order chi connectivity index (χ1) is 12.9. The van der Waals surface area contributed by atoms with Crippen LogP contribution in [0.3, 0.4) is 0 Å². The molecule has 6 nitrogen and oxygen atoms in total. The van der Waals surface area contributed by atoms with Gasteiger partial charge >= 0.3 is 0 Å². The smallest absolute Gasteiger partial charge is 0.269 e. The van der Waals surface area contributed by atoms with E-state index in [4.69, 9.17) is 21.6 Å². The van der Waals surface area contributed by atoms with Crippen LogP contribution < -0.4 is 4.74 Å². The summed E-state index contributed by atoms with van der Waals surface area (Å²) in [5, 5.41) is 9.81. The fraction of sp³-hybridized carbons (Fsp3) is 0.211. The Kier molecular flexibility index (Phi) is 4.35. The zero-order valence-electron chi connectivity index (χ0n) is 14.5. The van der Waals surface area contributed by atoms with Gasteiger partial charge in [0.15, 0.2) is 0 Å². The summed E-state index contributed by atoms with van der Waals surface area (Å²) >= 11 is 6.15. The van der Waals surface area contributed by atoms with Crippen LogP contribution in [-0.2, 0) is 16.6 Å². The van der Waals surface area contributed by atoms with E-state index in [0.29, 0.717) is 24.2 Å². The first-order valence-electron chi connectivity index (χ1n) is 8.31. The van der Waals surface area contributed by atoms with Gasteiger partial charge in [0.1, 0.15) is 17.3 Å². The van der Waals surface area contributed by atoms with Crippen molar-refractivity contribution in [1.29, 1.82) is 5.26 Å². The summed E-state index contributed by atoms with van der Waals surface area (Å²) in [4.78, 5) is 2.10. The molecule has 1 aliphatic rings. The van der Waals surface area contributed by atoms with Crippen molar-refractivity contribution in [3.63, 3.8) is 0 Å². The molecule has 0 radical (unpaired) electrons. The number of likely N-dealkylation sites (N-methyl/N-ethyl adjacent to an activating group) is 1. The lowest BCUT2D eigenvalue weighted by atomic mass is 10.1. The quantitative estimate of drug-likeness (QED) is 0.659. The summed E-state index contributed by atoms with van der Waals surface area (Å²) in [7, 11) is -1.90. The van der Waals surface area contributed by atoms with E-state index in [1.807, 2.05) is 19.2 Å². The van der Waals surface area contributed by atoms with Crippen molar-refractivity contribution in [3.05, 3.63) is 58.7 Å². The second kappa shape index (κ2) is 6.57. The number of nitrogens with zero attached hydrogens (tertiary/aromatic N) is 3. The molecule has 8 heteroatoms. The maximum atomic E-state index is 13.2. The van der Waals surface area contributed by atoms with E-state index in [0.717, 1.165) is 23.2 Å². The maximum Gasteiger partial charge on any atom is 0.269 e. The largest absolute Gasteiger partial charge is 0.492 e. The van der Waals surface area contributed by atoms with Crippen molar-refractivity contribution in [2.45, 2.75) is 11.4 Å². The predicted octanol–water partition coefficient (Wildman–Crippen LogP) is 3.23. The lowest BCUT2D eigenvalue weighted by Gasteiger charge is -2.13. The Morgan fingerprint density at radius 3 is 2.78 bits per heavy atom. The summed E-state index contributed by atoms with van der Waals surface area (Å²) in [5.74, 6) is 0.776. The van der Waals surface area contributed by atoms with Gasteiger partial charge in [-0.25, -0.2) is 12.4 Å². The highest BCUT2D eigenvalue weighted by molar-refractivity contribution is 7.90. The standard InChI is InChI=1S/C19H16ClN3O3S/c1-22-8-9-26-18-4-3-17-14(15(18)12-22)6-7-23(17)27(24,25)19-5-2-13(11-21)10-16(19)20/h2-7,10H,8-9,12H2,1H3. The average molecular weight is 402 g/mol. The molecule has 2 heterocycles. The number of aromatic nitrogens is 1. The number of rotatable bonds is 2. The van der Waals surface area contributed by atoms with Crippen molar-refractivity contribution >= 4 is 32.5 Å². The van der Waals surface area contributed by atoms with E-state index >= 15 is 0 Å². The zero-order chi connectivity index (χ0) is 19.2. The summed E-state index contributed by atoms with van der Waals surface area (Å²) in [6.07, 6.45) is 1.53. The highest BCUT2D eigenvalue weighted by atomic mass is 35.5. The van der Waals surface area contributed by atoms with E-state index in [2.05, 4.69) is 4.90 Å². The van der Waals surface area contributed by atoms with Gasteiger partial charge in [-0.15, -0.1) is 0 Å². The monoisotopic (exact) mass is 401 g/mol. The molecule has 0 aliphatic carbocycles. The van der Waals surface area contributed by atoms with Gasteiger partial charge in [-0.3, -0.25) is 4.90 Å². The zero-order valence-corrected chi connectivity index (χ0v) is 16.1. The van der Waals surface area contributed by atoms with Gasteiger partial charge in [0.2, 0.25) is 0 Å². The Hall–Kier alpha value is -2.53. The Balaban J connectivity index is 1.89. The molecule has 1 aromatic heterocycles. The Morgan fingerprint density at radius 2 is 2.04 bits per heavy atom. The minimum atomic E-state index is -3.91. The van der Waals surface area contributed by atoms with E-state index < -0.39 is 10.0 Å². The van der Waals surface area contributed by atoms with Crippen molar-refractivity contribution in [2.24, 2.45) is 0 Å². The number of hydrogen-bond donors (Lipinski definition) is 0. The molecular weight excluding hydrogens is 386 g/mol. The highest BCUT2D eigenvalue weighted by Crippen LogP contribution is 2.34. The molecule has 0 fully saturated rings. The molecule has 0 saturated carbocycles. The summed E-state index contributed by atoms with van der Waals surface area (Å²) in [5.41, 5.74) is 1.84. The molecule has 1 aliphatic heterocycles. The third kappa shape index (κ3) is 2.96. The maximum absolute atomic E-state index is 13.2. The predicted molar refractivity (Wildman–Crippen MR) is 103 cm³/mol. The van der Waals surface area contributed by atoms with Gasteiger partial charge < -0.3 is 4.74 Å². The van der Waals surface area contributed by atoms with Crippen LogP contribution in [0.5, 0.6) is 5.75 Å². The van der Waals surface area contributed by atoms with Crippen molar-refractivity contribution in [1.82, 2.24) is 8.87 Å². The van der Waals surface area contributed by atoms with Crippen LogP contribution >= 0.6 is 11.6 Å². The van der Waals surface area contributed by atoms with Gasteiger partial charge in [0.25, 0.3) is 10.0 Å². The van der Waals surface area contributed by atoms with Gasteiger partial charge in [-0.2, -0.15) is 5.26 Å². The average Bonchev–Trinajstić information content (AvgIpc) is 2.99. The van der Waals surface area contributed by atoms with Gasteiger partial charge in [-0.05, 0) is 43.4 Å². The molecular formula is C19H16ClN3O3S. The lowest BCUT2D eigenvalue weighted by Crippen LogP contribution is -2.20. The molecule has 4 rings (SSSR count). The van der Waals surface area contributed by atoms with Gasteiger partial charge in [-0.1, -0.05) is 11.6 Å². The molecule has 138 valence electrons. The molecule has 0 saturated heterocycles. The molecule has 0 spiro atoms. The highest BCUT2D eigenvalue weighted by Gasteiger charge is 2.24. The summed E-state index contributed by atoms with van der Waals surface area (Å²) < 4.78 is 33.4. The second-order valence-corrected chi connectivity index (χ2v) is 8.63. The molecule has 0 unspecified atom stereocenters. The van der Waals surface area contributed by atoms with Crippen molar-refractivity contribution in [2.75, 3.05) is 20.2 Å². The molecule has 3 aromatic rings. The summed E-state index contributed by atoms with van der Waals surface area (Å²) in [6, 6.07) is 11.5. The van der Waals surface area contributed by atoms with E-state index in [1.165, 1.54) is 28.4 Å². The van der Waals surface area contributed by atoms with E-state index in [-0.39, 0.29) is 9.92 Å². The van der Waals surface area contributed by atoms with Gasteiger partial charge in [0, 0.05) is 30.2 Å². The SMILES string of the molecule is CN1CCOc2ccc3c(ccn3S(=O)(=O)c3ccc(C#N)cc3Cl)c2C1. The second-order valence-electron chi connectivity index (χ2n) is 6.43. The topological polar surface area (TPSA) is 75.3 Å². The molecule has 0 bridgehead atoms. The van der Waals surface area contributed by atoms with Crippen LogP contribution in [0.2, 0.25) is 5.02 Å². The number of benzene rings is 2. The molecule has 0 amide bonds. The fourth-order valence-electron chi connectivity index (χ4n) is 3.29. The van der Waals surface area contributed by atoms with E-state index in [9.17, 15) is 8.42 Å². The molecule has 0 N–H and O–H groups in total. The van der Waals surface area contributed by atoms with Crippen LogP contribution in [-0.4, -0.2) is 37.5 Å². The molecule has 2 aromatic carbocycles. The third-order valence-corrected chi connectivity index (χ3v) is 6.83. The van der Waals surface area contributed by atoms with E-state index in [1.54, 1.807) is 12.1 Å². The number of halogens is 1. The lowest BCUT2D eigenvalue weighted by molar-refractivity contribution is 0.259. The molecule has 27 heavy (non-hydrogen) atoms. The summed E-state index contributed by atoms with van der Waals surface area (Å²) in [6.45, 7) is 2.07. The Morgan fingerprint density at radius 1 is 1.22 bits per heavy atom. The molecule has 0 atom stereocenters. The first-order valence-corrected chi connectivity index (χ1v) is 10.1.